The van der Waals surface area contributed by atoms with Crippen LogP contribution in [0.25, 0.3) is 0 Å². The summed E-state index contributed by atoms with van der Waals surface area (Å²) in [6, 6.07) is 3.24. The molecular weight excluding hydrogens is 276 g/mol. The molecule has 0 heterocycles. The first-order valence-electron chi connectivity index (χ1n) is 5.14. The summed E-state index contributed by atoms with van der Waals surface area (Å²) >= 11 is 0. The number of hydrogen-bond donors (Lipinski definition) is 2. The van der Waals surface area contributed by atoms with E-state index in [2.05, 4.69) is 5.32 Å². The number of sulfone groups is 1. The number of nitrogens with zero attached hydrogens (tertiary/aromatic N) is 1. The molecule has 0 fully saturated rings. The summed E-state index contributed by atoms with van der Waals surface area (Å²) in [4.78, 5) is 20.9. The van der Waals surface area contributed by atoms with E-state index in [0.717, 1.165) is 24.5 Å². The van der Waals surface area contributed by atoms with Gasteiger partial charge in [-0.25, -0.2) is 13.2 Å². The Bertz CT molecular complexity index is 610. The smallest absolute Gasteiger partial charge is 0.337 e. The number of carbonyl (C=O) groups is 1. The van der Waals surface area contributed by atoms with Crippen LogP contribution in [0.4, 0.5) is 11.4 Å². The minimum Gasteiger partial charge on any atom is -0.478 e. The molecule has 8 nitrogen and oxygen atoms in total. The molecule has 1 aromatic rings. The zero-order chi connectivity index (χ0) is 14.6. The minimum absolute atomic E-state index is 0.0188. The van der Waals surface area contributed by atoms with Gasteiger partial charge in [0.1, 0.15) is 9.84 Å². The molecule has 0 saturated heterocycles. The van der Waals surface area contributed by atoms with Crippen molar-refractivity contribution in [3.63, 3.8) is 0 Å². The molecular formula is C10H12N2O6S. The van der Waals surface area contributed by atoms with Gasteiger partial charge in [-0.2, -0.15) is 0 Å². The van der Waals surface area contributed by atoms with Crippen LogP contribution in [0.2, 0.25) is 0 Å². The van der Waals surface area contributed by atoms with Gasteiger partial charge in [-0.15, -0.1) is 0 Å². The number of benzene rings is 1. The van der Waals surface area contributed by atoms with Crippen molar-refractivity contribution in [1.29, 1.82) is 0 Å². The first kappa shape index (κ1) is 14.9. The largest absolute Gasteiger partial charge is 0.478 e. The zero-order valence-corrected chi connectivity index (χ0v) is 10.8. The Morgan fingerprint density at radius 2 is 2.11 bits per heavy atom. The second kappa shape index (κ2) is 5.65. The predicted octanol–water partition coefficient (Wildman–Crippen LogP) is 0.749. The van der Waals surface area contributed by atoms with E-state index in [9.17, 15) is 23.3 Å². The number of non-ortho nitro benzene ring substituents is 1. The average molecular weight is 288 g/mol. The van der Waals surface area contributed by atoms with Crippen molar-refractivity contribution in [3.8, 4) is 0 Å². The number of rotatable bonds is 6. The zero-order valence-electron chi connectivity index (χ0n) is 9.99. The third kappa shape index (κ3) is 4.54. The molecule has 0 spiro atoms. The Kier molecular flexibility index (Phi) is 4.43. The molecule has 0 saturated carbocycles. The molecule has 2 N–H and O–H groups in total. The molecule has 19 heavy (non-hydrogen) atoms. The Morgan fingerprint density at radius 3 is 2.58 bits per heavy atom. The van der Waals surface area contributed by atoms with Gasteiger partial charge in [0.05, 0.1) is 21.9 Å². The van der Waals surface area contributed by atoms with Crippen LogP contribution in [-0.4, -0.2) is 43.0 Å². The molecule has 0 aromatic heterocycles. The molecule has 0 radical (unpaired) electrons. The van der Waals surface area contributed by atoms with Crippen LogP contribution < -0.4 is 5.32 Å². The number of nitro benzene ring substituents is 1. The van der Waals surface area contributed by atoms with Crippen LogP contribution in [-0.2, 0) is 9.84 Å². The van der Waals surface area contributed by atoms with Crippen LogP contribution in [0.1, 0.15) is 10.4 Å². The van der Waals surface area contributed by atoms with Crippen molar-refractivity contribution < 1.29 is 23.2 Å². The quantitative estimate of drug-likeness (QED) is 0.584. The van der Waals surface area contributed by atoms with Gasteiger partial charge in [-0.3, -0.25) is 10.1 Å². The van der Waals surface area contributed by atoms with Gasteiger partial charge in [0.2, 0.25) is 0 Å². The summed E-state index contributed by atoms with van der Waals surface area (Å²) < 4.78 is 21.9. The lowest BCUT2D eigenvalue weighted by Crippen LogP contribution is -2.16. The fraction of sp³-hybridized carbons (Fsp3) is 0.300. The van der Waals surface area contributed by atoms with Crippen LogP contribution >= 0.6 is 0 Å². The van der Waals surface area contributed by atoms with Gasteiger partial charge in [0.15, 0.2) is 0 Å². The monoisotopic (exact) mass is 288 g/mol. The SMILES string of the molecule is CS(=O)(=O)CCNc1cc([N+](=O)[O-])ccc1C(=O)O. The Morgan fingerprint density at radius 1 is 1.47 bits per heavy atom. The second-order valence-corrected chi connectivity index (χ2v) is 6.11. The number of anilines is 1. The Hall–Kier alpha value is -2.16. The minimum atomic E-state index is -3.20. The van der Waals surface area contributed by atoms with Crippen molar-refractivity contribution >= 4 is 27.2 Å². The molecule has 0 aliphatic heterocycles. The molecule has 0 aliphatic carbocycles. The highest BCUT2D eigenvalue weighted by Crippen LogP contribution is 2.22. The molecule has 1 aromatic carbocycles. The topological polar surface area (TPSA) is 127 Å². The van der Waals surface area contributed by atoms with E-state index >= 15 is 0 Å². The summed E-state index contributed by atoms with van der Waals surface area (Å²) in [5, 5.41) is 22.1. The highest BCUT2D eigenvalue weighted by Gasteiger charge is 2.15. The molecule has 9 heteroatoms. The number of carboxylic acids is 1. The fourth-order valence-corrected chi connectivity index (χ4v) is 1.82. The first-order chi connectivity index (χ1) is 8.70. The van der Waals surface area contributed by atoms with Crippen LogP contribution in [0.15, 0.2) is 18.2 Å². The van der Waals surface area contributed by atoms with Gasteiger partial charge >= 0.3 is 5.97 Å². The number of aromatic carboxylic acids is 1. The maximum atomic E-state index is 11.0. The number of hydrogen-bond acceptors (Lipinski definition) is 6. The van der Waals surface area contributed by atoms with E-state index in [4.69, 9.17) is 5.11 Å². The highest BCUT2D eigenvalue weighted by molar-refractivity contribution is 7.90. The van der Waals surface area contributed by atoms with Crippen molar-refractivity contribution in [2.24, 2.45) is 0 Å². The summed E-state index contributed by atoms with van der Waals surface area (Å²) in [5.74, 6) is -1.45. The Labute approximate surface area is 109 Å². The average Bonchev–Trinajstić information content (AvgIpc) is 2.26. The van der Waals surface area contributed by atoms with E-state index in [1.807, 2.05) is 0 Å². The number of nitro groups is 1. The normalized spacial score (nSPS) is 11.0. The lowest BCUT2D eigenvalue weighted by atomic mass is 10.1. The van der Waals surface area contributed by atoms with Gasteiger partial charge in [-0.05, 0) is 6.07 Å². The van der Waals surface area contributed by atoms with E-state index < -0.39 is 20.7 Å². The second-order valence-electron chi connectivity index (χ2n) is 3.85. The summed E-state index contributed by atoms with van der Waals surface area (Å²) in [6.45, 7) is -0.0275. The van der Waals surface area contributed by atoms with Gasteiger partial charge in [-0.1, -0.05) is 0 Å². The van der Waals surface area contributed by atoms with Crippen molar-refractivity contribution in [2.75, 3.05) is 23.9 Å². The van der Waals surface area contributed by atoms with E-state index in [0.29, 0.717) is 0 Å². The van der Waals surface area contributed by atoms with Crippen LogP contribution in [0, 0.1) is 10.1 Å². The molecule has 0 unspecified atom stereocenters. The van der Waals surface area contributed by atoms with Gasteiger partial charge < -0.3 is 10.4 Å². The molecule has 0 aliphatic rings. The molecule has 0 bridgehead atoms. The molecule has 0 atom stereocenters. The summed E-state index contributed by atoms with van der Waals surface area (Å²) in [7, 11) is -3.20. The Balaban J connectivity index is 2.98. The van der Waals surface area contributed by atoms with Crippen molar-refractivity contribution in [1.82, 2.24) is 0 Å². The summed E-state index contributed by atoms with van der Waals surface area (Å²) in [6.07, 6.45) is 1.04. The van der Waals surface area contributed by atoms with E-state index in [1.54, 1.807) is 0 Å². The maximum absolute atomic E-state index is 11.0. The third-order valence-corrected chi connectivity index (χ3v) is 3.18. The van der Waals surface area contributed by atoms with E-state index in [1.165, 1.54) is 0 Å². The highest BCUT2D eigenvalue weighted by atomic mass is 32.2. The van der Waals surface area contributed by atoms with Crippen molar-refractivity contribution in [3.05, 3.63) is 33.9 Å². The summed E-state index contributed by atoms with van der Waals surface area (Å²) in [5.41, 5.74) is -0.406. The predicted molar refractivity (Wildman–Crippen MR) is 68.3 cm³/mol. The third-order valence-electron chi connectivity index (χ3n) is 2.23. The van der Waals surface area contributed by atoms with Gasteiger partial charge in [0, 0.05) is 24.9 Å². The molecule has 0 amide bonds. The van der Waals surface area contributed by atoms with E-state index in [-0.39, 0.29) is 29.2 Å². The van der Waals surface area contributed by atoms with Gasteiger partial charge in [0.25, 0.3) is 5.69 Å². The van der Waals surface area contributed by atoms with Crippen molar-refractivity contribution in [2.45, 2.75) is 0 Å². The maximum Gasteiger partial charge on any atom is 0.337 e. The standard InChI is InChI=1S/C10H12N2O6S/c1-19(17,18)5-4-11-9-6-7(12(15)16)2-3-8(9)10(13)14/h2-3,6,11H,4-5H2,1H3,(H,13,14). The first-order valence-corrected chi connectivity index (χ1v) is 7.20. The fourth-order valence-electron chi connectivity index (χ4n) is 1.35. The lowest BCUT2D eigenvalue weighted by Gasteiger charge is -2.08. The van der Waals surface area contributed by atoms with Crippen LogP contribution in [0.3, 0.4) is 0 Å². The molecule has 104 valence electrons. The molecule has 1 rings (SSSR count). The number of carboxylic acid groups (broad SMARTS) is 1. The number of nitrogens with one attached hydrogen (secondary N) is 1. The lowest BCUT2D eigenvalue weighted by molar-refractivity contribution is -0.384. The van der Waals surface area contributed by atoms with Crippen LogP contribution in [0.5, 0.6) is 0 Å².